The molecule has 0 fully saturated rings. The molecule has 0 amide bonds. The van der Waals surface area contributed by atoms with Crippen molar-refractivity contribution in [3.8, 4) is 0 Å². The van der Waals surface area contributed by atoms with Gasteiger partial charge in [0.15, 0.2) is 0 Å². The zero-order valence-corrected chi connectivity index (χ0v) is 12.0. The van der Waals surface area contributed by atoms with E-state index in [4.69, 9.17) is 13.3 Å². The van der Waals surface area contributed by atoms with Crippen molar-refractivity contribution >= 4 is 14.7 Å². The molecule has 0 heterocycles. The molecule has 1 aromatic rings. The summed E-state index contributed by atoms with van der Waals surface area (Å²) in [5, 5.41) is 0. The van der Waals surface area contributed by atoms with Crippen LogP contribution in [0.2, 0.25) is 0 Å². The first-order valence-electron chi connectivity index (χ1n) is 6.12. The Hall–Kier alpha value is -1.14. The highest BCUT2D eigenvalue weighted by Gasteiger charge is 2.42. The van der Waals surface area contributed by atoms with Gasteiger partial charge in [0.25, 0.3) is 0 Å². The van der Waals surface area contributed by atoms with E-state index in [1.807, 2.05) is 44.2 Å². The summed E-state index contributed by atoms with van der Waals surface area (Å²) in [5.74, 6) is 0. The summed E-state index contributed by atoms with van der Waals surface area (Å²) in [6.45, 7) is 8.95. The van der Waals surface area contributed by atoms with E-state index in [0.29, 0.717) is 19.8 Å². The van der Waals surface area contributed by atoms with Crippen LogP contribution in [0.15, 0.2) is 43.0 Å². The van der Waals surface area contributed by atoms with Gasteiger partial charge in [-0.25, -0.2) is 0 Å². The lowest BCUT2D eigenvalue weighted by Gasteiger charge is -2.28. The number of nitrogens with one attached hydrogen (secondary N) is 1. The van der Waals surface area contributed by atoms with Gasteiger partial charge >= 0.3 is 8.97 Å². The lowest BCUT2D eigenvalue weighted by Crippen LogP contribution is -2.54. The van der Waals surface area contributed by atoms with Gasteiger partial charge in [0.2, 0.25) is 0 Å². The van der Waals surface area contributed by atoms with Crippen molar-refractivity contribution in [3.63, 3.8) is 0 Å². The molecule has 0 aliphatic heterocycles. The molecule has 100 valence electrons. The summed E-state index contributed by atoms with van der Waals surface area (Å²) >= 11 is 0. The number of hydrogen-bond acceptors (Lipinski definition) is 4. The summed E-state index contributed by atoms with van der Waals surface area (Å²) in [7, 11) is -2.88. The fraction of sp³-hybridized carbons (Fsp3) is 0.385. The average Bonchev–Trinajstić information content (AvgIpc) is 2.38. The monoisotopic (exact) mass is 267 g/mol. The fourth-order valence-corrected chi connectivity index (χ4v) is 3.56. The summed E-state index contributed by atoms with van der Waals surface area (Å²) in [4.78, 5) is 3.25. The second-order valence-electron chi connectivity index (χ2n) is 3.51. The number of benzene rings is 1. The van der Waals surface area contributed by atoms with Crippen molar-refractivity contribution in [2.24, 2.45) is 0 Å². The highest BCUT2D eigenvalue weighted by molar-refractivity contribution is 6.64. The smallest absolute Gasteiger partial charge is 0.357 e. The third kappa shape index (κ3) is 4.62. The average molecular weight is 267 g/mol. The molecule has 5 heteroatoms. The van der Waals surface area contributed by atoms with Crippen LogP contribution in [0.5, 0.6) is 0 Å². The second kappa shape index (κ2) is 8.05. The Bertz CT molecular complexity index is 339. The highest BCUT2D eigenvalue weighted by atomic mass is 28.4. The van der Waals surface area contributed by atoms with E-state index in [1.54, 1.807) is 6.08 Å². The molecule has 0 aliphatic carbocycles. The summed E-state index contributed by atoms with van der Waals surface area (Å²) in [6, 6.07) is 9.77. The van der Waals surface area contributed by atoms with Crippen LogP contribution < -0.4 is 4.98 Å². The van der Waals surface area contributed by atoms with Crippen molar-refractivity contribution in [2.45, 2.75) is 13.8 Å². The number of rotatable bonds is 9. The minimum absolute atomic E-state index is 0.395. The molecule has 4 nitrogen and oxygen atoms in total. The maximum Gasteiger partial charge on any atom is 0.631 e. The van der Waals surface area contributed by atoms with Crippen molar-refractivity contribution < 1.29 is 13.3 Å². The third-order valence-corrected chi connectivity index (χ3v) is 4.61. The molecule has 0 saturated carbocycles. The summed E-state index contributed by atoms with van der Waals surface area (Å²) in [6.07, 6.45) is 1.69. The van der Waals surface area contributed by atoms with Gasteiger partial charge in [-0.05, 0) is 26.0 Å². The lowest BCUT2D eigenvalue weighted by molar-refractivity contribution is 0.0834. The van der Waals surface area contributed by atoms with E-state index >= 15 is 0 Å². The first-order valence-corrected chi connectivity index (χ1v) is 7.84. The Kier molecular flexibility index (Phi) is 6.67. The Balaban J connectivity index is 2.82. The van der Waals surface area contributed by atoms with Gasteiger partial charge in [-0.2, -0.15) is 0 Å². The maximum atomic E-state index is 5.73. The Morgan fingerprint density at radius 1 is 1.11 bits per heavy atom. The van der Waals surface area contributed by atoms with E-state index in [0.717, 1.165) is 5.69 Å². The topological polar surface area (TPSA) is 39.7 Å². The molecule has 0 aromatic heterocycles. The minimum Gasteiger partial charge on any atom is -0.357 e. The molecule has 0 radical (unpaired) electrons. The highest BCUT2D eigenvalue weighted by Crippen LogP contribution is 2.15. The van der Waals surface area contributed by atoms with Crippen LogP contribution in [0.25, 0.3) is 0 Å². The van der Waals surface area contributed by atoms with E-state index in [9.17, 15) is 0 Å². The van der Waals surface area contributed by atoms with Crippen molar-refractivity contribution in [2.75, 3.05) is 24.8 Å². The molecule has 1 N–H and O–H groups in total. The molecule has 0 aliphatic rings. The summed E-state index contributed by atoms with van der Waals surface area (Å²) in [5.41, 5.74) is 0.926. The van der Waals surface area contributed by atoms with Gasteiger partial charge in [0.1, 0.15) is 0 Å². The zero-order chi connectivity index (χ0) is 13.3. The summed E-state index contributed by atoms with van der Waals surface area (Å²) < 4.78 is 17.2. The third-order valence-electron chi connectivity index (χ3n) is 2.13. The van der Waals surface area contributed by atoms with E-state index in [-0.39, 0.29) is 0 Å². The predicted octanol–water partition coefficient (Wildman–Crippen LogP) is 2.81. The number of anilines is 1. The molecule has 1 aromatic carbocycles. The minimum atomic E-state index is -2.88. The van der Waals surface area contributed by atoms with Crippen LogP contribution >= 0.6 is 0 Å². The molecular formula is C13H21NO3Si. The van der Waals surface area contributed by atoms with Gasteiger partial charge in [0.05, 0.1) is 6.61 Å². The fourth-order valence-electron chi connectivity index (χ4n) is 1.48. The van der Waals surface area contributed by atoms with Crippen LogP contribution in [0.4, 0.5) is 5.69 Å². The van der Waals surface area contributed by atoms with Gasteiger partial charge in [-0.15, -0.1) is 6.58 Å². The molecular weight excluding hydrogens is 246 g/mol. The maximum absolute atomic E-state index is 5.73. The van der Waals surface area contributed by atoms with Gasteiger partial charge < -0.3 is 18.3 Å². The largest absolute Gasteiger partial charge is 0.631 e. The van der Waals surface area contributed by atoms with Crippen LogP contribution in [-0.4, -0.2) is 28.8 Å². The Morgan fingerprint density at radius 2 is 1.72 bits per heavy atom. The van der Waals surface area contributed by atoms with Gasteiger partial charge in [-0.1, -0.05) is 24.3 Å². The number of hydrogen-bond donors (Lipinski definition) is 1. The van der Waals surface area contributed by atoms with Crippen LogP contribution in [0, 0.1) is 0 Å². The first kappa shape index (κ1) is 14.9. The van der Waals surface area contributed by atoms with Crippen LogP contribution in [0.1, 0.15) is 13.8 Å². The lowest BCUT2D eigenvalue weighted by atomic mass is 10.3. The standard InChI is InChI=1S/C13H21NO3Si/c1-4-12-17-18(15-5-2,16-6-3)14-13-10-8-7-9-11-13/h4,7-11,14H,1,5-6,12H2,2-3H3. The number of para-hydroxylation sites is 1. The zero-order valence-electron chi connectivity index (χ0n) is 11.0. The molecule has 0 bridgehead atoms. The molecule has 18 heavy (non-hydrogen) atoms. The van der Waals surface area contributed by atoms with Gasteiger partial charge in [-0.3, -0.25) is 0 Å². The van der Waals surface area contributed by atoms with Crippen LogP contribution in [0.3, 0.4) is 0 Å². The first-order chi connectivity index (χ1) is 8.76. The normalized spacial score (nSPS) is 11.2. The Labute approximate surface area is 110 Å². The second-order valence-corrected chi connectivity index (χ2v) is 5.74. The Morgan fingerprint density at radius 3 is 2.22 bits per heavy atom. The molecule has 0 saturated heterocycles. The molecule has 0 unspecified atom stereocenters. The predicted molar refractivity (Wildman–Crippen MR) is 75.2 cm³/mol. The van der Waals surface area contributed by atoms with Gasteiger partial charge in [0, 0.05) is 18.9 Å². The van der Waals surface area contributed by atoms with E-state index in [2.05, 4.69) is 11.6 Å². The molecule has 0 spiro atoms. The van der Waals surface area contributed by atoms with Crippen molar-refractivity contribution in [1.29, 1.82) is 0 Å². The molecule has 1 rings (SSSR count). The van der Waals surface area contributed by atoms with E-state index < -0.39 is 8.97 Å². The van der Waals surface area contributed by atoms with Crippen molar-refractivity contribution in [3.05, 3.63) is 43.0 Å². The quantitative estimate of drug-likeness (QED) is 0.551. The SMILES string of the molecule is C=CCO[Si](Nc1ccccc1)(OCC)OCC. The molecule has 0 atom stereocenters. The van der Waals surface area contributed by atoms with Crippen molar-refractivity contribution in [1.82, 2.24) is 0 Å². The van der Waals surface area contributed by atoms with E-state index in [1.165, 1.54) is 0 Å². The van der Waals surface area contributed by atoms with Crippen LogP contribution in [-0.2, 0) is 13.3 Å².